The average molecular weight is 310 g/mol. The molecule has 1 heterocycles. The summed E-state index contributed by atoms with van der Waals surface area (Å²) in [4.78, 5) is 1.33. The highest BCUT2D eigenvalue weighted by atomic mass is 32.2. The highest BCUT2D eigenvalue weighted by Gasteiger charge is 2.17. The number of hydrogen-bond donors (Lipinski definition) is 2. The molecule has 2 aromatic rings. The Morgan fingerprint density at radius 1 is 1.20 bits per heavy atom. The lowest BCUT2D eigenvalue weighted by Gasteiger charge is -2.10. The van der Waals surface area contributed by atoms with Crippen LogP contribution in [0.4, 0.5) is 0 Å². The lowest BCUT2D eigenvalue weighted by atomic mass is 10.1. The van der Waals surface area contributed by atoms with Gasteiger partial charge < -0.3 is 5.73 Å². The molecule has 2 rings (SSSR count). The second-order valence-electron chi connectivity index (χ2n) is 4.66. The first kappa shape index (κ1) is 15.2. The van der Waals surface area contributed by atoms with Gasteiger partial charge in [-0.3, -0.25) is 0 Å². The Morgan fingerprint density at radius 3 is 2.55 bits per heavy atom. The molecule has 1 aromatic heterocycles. The van der Waals surface area contributed by atoms with E-state index in [1.807, 2.05) is 24.4 Å². The van der Waals surface area contributed by atoms with Crippen molar-refractivity contribution in [2.45, 2.75) is 31.8 Å². The Balaban J connectivity index is 2.24. The van der Waals surface area contributed by atoms with Gasteiger partial charge in [-0.2, -0.15) is 0 Å². The van der Waals surface area contributed by atoms with Gasteiger partial charge in [0.2, 0.25) is 10.0 Å². The first-order chi connectivity index (χ1) is 9.44. The average Bonchev–Trinajstić information content (AvgIpc) is 2.82. The third-order valence-electron chi connectivity index (χ3n) is 3.17. The predicted octanol–water partition coefficient (Wildman–Crippen LogP) is 2.30. The third-order valence-corrected chi connectivity index (χ3v) is 5.73. The highest BCUT2D eigenvalue weighted by Crippen LogP contribution is 2.19. The van der Waals surface area contributed by atoms with Crippen molar-refractivity contribution >= 4 is 21.4 Å². The van der Waals surface area contributed by atoms with E-state index < -0.39 is 10.0 Å². The van der Waals surface area contributed by atoms with Crippen molar-refractivity contribution < 1.29 is 8.42 Å². The summed E-state index contributed by atoms with van der Waals surface area (Å²) in [5.74, 6) is 0. The Labute approximate surface area is 123 Å². The Morgan fingerprint density at radius 2 is 1.95 bits per heavy atom. The fourth-order valence-corrected chi connectivity index (χ4v) is 4.11. The van der Waals surface area contributed by atoms with Crippen LogP contribution in [0.25, 0.3) is 0 Å². The number of thiophene rings is 1. The van der Waals surface area contributed by atoms with Crippen molar-refractivity contribution in [1.29, 1.82) is 0 Å². The van der Waals surface area contributed by atoms with Gasteiger partial charge in [0.25, 0.3) is 0 Å². The smallest absolute Gasteiger partial charge is 0.241 e. The van der Waals surface area contributed by atoms with Crippen LogP contribution in [0, 0.1) is 13.8 Å². The van der Waals surface area contributed by atoms with E-state index in [9.17, 15) is 8.42 Å². The maximum absolute atomic E-state index is 12.4. The van der Waals surface area contributed by atoms with E-state index in [4.69, 9.17) is 5.73 Å². The number of hydrogen-bond acceptors (Lipinski definition) is 4. The molecule has 0 aliphatic carbocycles. The minimum atomic E-state index is -3.52. The molecule has 1 aromatic carbocycles. The van der Waals surface area contributed by atoms with Gasteiger partial charge in [0, 0.05) is 18.0 Å². The van der Waals surface area contributed by atoms with Crippen molar-refractivity contribution in [3.8, 4) is 0 Å². The minimum absolute atomic E-state index is 0.301. The first-order valence-corrected chi connectivity index (χ1v) is 8.62. The lowest BCUT2D eigenvalue weighted by molar-refractivity contribution is 0.581. The summed E-state index contributed by atoms with van der Waals surface area (Å²) in [7, 11) is -3.52. The van der Waals surface area contributed by atoms with Gasteiger partial charge >= 0.3 is 0 Å². The summed E-state index contributed by atoms with van der Waals surface area (Å²) in [6, 6.07) is 7.25. The van der Waals surface area contributed by atoms with E-state index in [0.29, 0.717) is 18.0 Å². The number of nitrogens with two attached hydrogens (primary N) is 1. The summed E-state index contributed by atoms with van der Waals surface area (Å²) in [5.41, 5.74) is 8.20. The Hall–Kier alpha value is -1.21. The normalized spacial score (nSPS) is 11.8. The zero-order chi connectivity index (χ0) is 14.8. The maximum Gasteiger partial charge on any atom is 0.241 e. The van der Waals surface area contributed by atoms with E-state index in [1.165, 1.54) is 0 Å². The third kappa shape index (κ3) is 3.27. The van der Waals surface area contributed by atoms with E-state index in [2.05, 4.69) is 4.72 Å². The van der Waals surface area contributed by atoms with E-state index in [0.717, 1.165) is 21.6 Å². The van der Waals surface area contributed by atoms with Crippen LogP contribution in [-0.2, 0) is 23.1 Å². The zero-order valence-corrected chi connectivity index (χ0v) is 13.1. The molecule has 0 aliphatic rings. The van der Waals surface area contributed by atoms with Gasteiger partial charge in [-0.1, -0.05) is 12.1 Å². The van der Waals surface area contributed by atoms with Gasteiger partial charge in [0.05, 0.1) is 4.90 Å². The van der Waals surface area contributed by atoms with E-state index in [-0.39, 0.29) is 0 Å². The number of nitrogens with one attached hydrogen (secondary N) is 1. The fraction of sp³-hybridized carbons (Fsp3) is 0.286. The molecule has 4 nitrogen and oxygen atoms in total. The maximum atomic E-state index is 12.4. The molecule has 108 valence electrons. The quantitative estimate of drug-likeness (QED) is 0.890. The van der Waals surface area contributed by atoms with Crippen LogP contribution in [0.2, 0.25) is 0 Å². The van der Waals surface area contributed by atoms with Crippen LogP contribution >= 0.6 is 11.3 Å². The lowest BCUT2D eigenvalue weighted by Crippen LogP contribution is -2.24. The monoisotopic (exact) mass is 310 g/mol. The molecule has 0 bridgehead atoms. The first-order valence-electron chi connectivity index (χ1n) is 6.26. The molecular formula is C14H18N2O2S2. The van der Waals surface area contributed by atoms with Crippen molar-refractivity contribution in [2.24, 2.45) is 5.73 Å². The fourth-order valence-electron chi connectivity index (χ4n) is 1.88. The molecule has 0 saturated carbocycles. The summed E-state index contributed by atoms with van der Waals surface area (Å²) >= 11 is 1.55. The molecule has 0 unspecified atom stereocenters. The van der Waals surface area contributed by atoms with Gasteiger partial charge in [-0.05, 0) is 48.1 Å². The summed E-state index contributed by atoms with van der Waals surface area (Å²) in [5, 5.41) is 1.96. The number of rotatable bonds is 5. The van der Waals surface area contributed by atoms with E-state index in [1.54, 1.807) is 30.4 Å². The largest absolute Gasteiger partial charge is 0.326 e. The summed E-state index contributed by atoms with van der Waals surface area (Å²) < 4.78 is 27.4. The number of sulfonamides is 1. The SMILES string of the molecule is Cc1ccc(CN)cc1S(=O)(=O)NCc1sccc1C. The van der Waals surface area contributed by atoms with Gasteiger partial charge in [-0.25, -0.2) is 13.1 Å². The van der Waals surface area contributed by atoms with Crippen LogP contribution in [-0.4, -0.2) is 8.42 Å². The van der Waals surface area contributed by atoms with Crippen LogP contribution in [0.3, 0.4) is 0 Å². The van der Waals surface area contributed by atoms with Crippen LogP contribution in [0.5, 0.6) is 0 Å². The molecule has 0 radical (unpaired) electrons. The molecule has 0 fully saturated rings. The van der Waals surface area contributed by atoms with Crippen molar-refractivity contribution in [2.75, 3.05) is 0 Å². The molecule has 0 atom stereocenters. The number of aryl methyl sites for hydroxylation is 2. The molecule has 0 amide bonds. The minimum Gasteiger partial charge on any atom is -0.326 e. The standard InChI is InChI=1S/C14H18N2O2S2/c1-10-5-6-19-13(10)9-16-20(17,18)14-7-12(8-15)4-3-11(14)2/h3-7,16H,8-9,15H2,1-2H3. The van der Waals surface area contributed by atoms with Gasteiger partial charge in [-0.15, -0.1) is 11.3 Å². The summed E-state index contributed by atoms with van der Waals surface area (Å²) in [6.07, 6.45) is 0. The van der Waals surface area contributed by atoms with Gasteiger partial charge in [0.1, 0.15) is 0 Å². The Bertz CT molecular complexity index is 706. The summed E-state index contributed by atoms with van der Waals surface area (Å²) in [6.45, 7) is 4.40. The second-order valence-corrected chi connectivity index (χ2v) is 7.39. The molecule has 0 spiro atoms. The highest BCUT2D eigenvalue weighted by molar-refractivity contribution is 7.89. The van der Waals surface area contributed by atoms with Crippen LogP contribution < -0.4 is 10.5 Å². The molecule has 0 aliphatic heterocycles. The van der Waals surface area contributed by atoms with Crippen molar-refractivity contribution in [3.05, 3.63) is 51.2 Å². The molecule has 6 heteroatoms. The van der Waals surface area contributed by atoms with Gasteiger partial charge in [0.15, 0.2) is 0 Å². The molecular weight excluding hydrogens is 292 g/mol. The topological polar surface area (TPSA) is 72.2 Å². The molecule has 3 N–H and O–H groups in total. The Kier molecular flexibility index (Phi) is 4.59. The molecule has 0 saturated heterocycles. The molecule has 20 heavy (non-hydrogen) atoms. The van der Waals surface area contributed by atoms with Crippen molar-refractivity contribution in [1.82, 2.24) is 4.72 Å². The predicted molar refractivity (Wildman–Crippen MR) is 82.2 cm³/mol. The zero-order valence-electron chi connectivity index (χ0n) is 11.5. The van der Waals surface area contributed by atoms with E-state index >= 15 is 0 Å². The number of benzene rings is 1. The van der Waals surface area contributed by atoms with Crippen LogP contribution in [0.1, 0.15) is 21.6 Å². The van der Waals surface area contributed by atoms with Crippen LogP contribution in [0.15, 0.2) is 34.5 Å². The van der Waals surface area contributed by atoms with Crippen molar-refractivity contribution in [3.63, 3.8) is 0 Å². The second kappa shape index (κ2) is 6.05.